The molecule has 3 aromatic rings. The minimum atomic E-state index is -4.71. The van der Waals surface area contributed by atoms with Crippen LogP contribution in [0.2, 0.25) is 0 Å². The number of methoxy groups -OCH3 is 1. The summed E-state index contributed by atoms with van der Waals surface area (Å²) >= 11 is 0. The van der Waals surface area contributed by atoms with E-state index in [1.807, 2.05) is 0 Å². The lowest BCUT2D eigenvalue weighted by Crippen LogP contribution is -2.31. The minimum Gasteiger partial charge on any atom is -0.505 e. The highest BCUT2D eigenvalue weighted by Gasteiger charge is 2.32. The van der Waals surface area contributed by atoms with Gasteiger partial charge in [-0.05, 0) is 66.4 Å². The lowest BCUT2D eigenvalue weighted by Gasteiger charge is -2.28. The van der Waals surface area contributed by atoms with Gasteiger partial charge in [0.05, 0.1) is 5.69 Å². The highest BCUT2D eigenvalue weighted by atomic mass is 32.2. The average Bonchev–Trinajstić information content (AvgIpc) is 2.84. The van der Waals surface area contributed by atoms with Crippen LogP contribution in [0.15, 0.2) is 97.7 Å². The molecule has 0 bridgehead atoms. The molecule has 6 N–H and O–H groups in total. The van der Waals surface area contributed by atoms with Crippen molar-refractivity contribution in [2.24, 2.45) is 20.5 Å². The van der Waals surface area contributed by atoms with Gasteiger partial charge in [-0.2, -0.15) is 18.6 Å². The van der Waals surface area contributed by atoms with Crippen LogP contribution < -0.4 is 11.5 Å². The van der Waals surface area contributed by atoms with Gasteiger partial charge in [0, 0.05) is 23.9 Å². The second-order valence-corrected chi connectivity index (χ2v) is 9.52. The predicted molar refractivity (Wildman–Crippen MR) is 136 cm³/mol. The number of phenols is 1. The number of fused-ring (bicyclic) bond motifs is 1. The standard InChI is InChI=1S/C24H24N6O5S/c1-14-11-19(9-10-24(14,35-2)30-28-18-7-5-16(25)6-8-18)27-29-22-21(36(32,33)34)12-15-3-4-17(26)13-20(15)23(22)31/h3-13,19,31H,25-26H2,1-2H3,(H,32,33,34). The fourth-order valence-corrected chi connectivity index (χ4v) is 4.35. The highest BCUT2D eigenvalue weighted by Crippen LogP contribution is 2.42. The van der Waals surface area contributed by atoms with Crippen LogP contribution >= 0.6 is 0 Å². The molecule has 3 aromatic carbocycles. The third-order valence-electron chi connectivity index (χ3n) is 5.67. The first-order valence-electron chi connectivity index (χ1n) is 10.7. The van der Waals surface area contributed by atoms with Crippen molar-refractivity contribution in [3.8, 4) is 5.75 Å². The first-order valence-corrected chi connectivity index (χ1v) is 12.1. The van der Waals surface area contributed by atoms with Gasteiger partial charge in [-0.3, -0.25) is 4.55 Å². The summed E-state index contributed by atoms with van der Waals surface area (Å²) in [7, 11) is -3.23. The van der Waals surface area contributed by atoms with Crippen molar-refractivity contribution in [1.29, 1.82) is 0 Å². The number of hydrogen-bond acceptors (Lipinski definition) is 10. The monoisotopic (exact) mass is 508 g/mol. The first-order chi connectivity index (χ1) is 17.0. The average molecular weight is 509 g/mol. The molecule has 12 heteroatoms. The van der Waals surface area contributed by atoms with Gasteiger partial charge in [0.1, 0.15) is 16.6 Å². The Bertz CT molecular complexity index is 1550. The van der Waals surface area contributed by atoms with Gasteiger partial charge in [-0.1, -0.05) is 18.2 Å². The summed E-state index contributed by atoms with van der Waals surface area (Å²) < 4.78 is 39.3. The molecule has 0 spiro atoms. The van der Waals surface area contributed by atoms with Crippen LogP contribution in [0.25, 0.3) is 10.8 Å². The number of phenolic OH excluding ortho intramolecular Hbond substituents is 1. The smallest absolute Gasteiger partial charge is 0.296 e. The summed E-state index contributed by atoms with van der Waals surface area (Å²) in [4.78, 5) is -0.579. The van der Waals surface area contributed by atoms with E-state index in [0.29, 0.717) is 28.0 Å². The SMILES string of the molecule is COC1(N=Nc2ccc(N)cc2)C=CC(N=Nc2c(S(=O)(=O)O)cc3ccc(N)cc3c2O)C=C1C. The molecule has 0 amide bonds. The molecule has 0 saturated heterocycles. The Morgan fingerprint density at radius 3 is 2.36 bits per heavy atom. The lowest BCUT2D eigenvalue weighted by molar-refractivity contribution is 0.0640. The molecule has 2 atom stereocenters. The summed E-state index contributed by atoms with van der Waals surface area (Å²) in [6.45, 7) is 1.78. The summed E-state index contributed by atoms with van der Waals surface area (Å²) in [5.74, 6) is -0.472. The lowest BCUT2D eigenvalue weighted by atomic mass is 9.96. The molecule has 1 aliphatic carbocycles. The molecule has 0 radical (unpaired) electrons. The number of hydrogen-bond donors (Lipinski definition) is 4. The summed E-state index contributed by atoms with van der Waals surface area (Å²) in [5, 5.41) is 28.1. The van der Waals surface area contributed by atoms with E-state index in [0.717, 1.165) is 0 Å². The van der Waals surface area contributed by atoms with Gasteiger partial charge in [0.2, 0.25) is 5.72 Å². The van der Waals surface area contributed by atoms with Crippen LogP contribution in [0.3, 0.4) is 0 Å². The Hall–Kier alpha value is -4.13. The zero-order valence-corrected chi connectivity index (χ0v) is 20.2. The second kappa shape index (κ2) is 9.49. The quantitative estimate of drug-likeness (QED) is 0.155. The van der Waals surface area contributed by atoms with Gasteiger partial charge in [0.15, 0.2) is 5.75 Å². The van der Waals surface area contributed by atoms with Crippen molar-refractivity contribution >= 4 is 43.6 Å². The molecule has 1 aliphatic rings. The van der Waals surface area contributed by atoms with Gasteiger partial charge >= 0.3 is 0 Å². The second-order valence-electron chi connectivity index (χ2n) is 8.13. The van der Waals surface area contributed by atoms with Crippen molar-refractivity contribution in [3.63, 3.8) is 0 Å². The van der Waals surface area contributed by atoms with E-state index < -0.39 is 38.2 Å². The fourth-order valence-electron chi connectivity index (χ4n) is 3.69. The number of rotatable bonds is 6. The molecule has 0 fully saturated rings. The molecule has 2 unspecified atom stereocenters. The highest BCUT2D eigenvalue weighted by molar-refractivity contribution is 7.86. The van der Waals surface area contributed by atoms with Gasteiger partial charge in [0.25, 0.3) is 10.1 Å². The van der Waals surface area contributed by atoms with E-state index in [9.17, 15) is 18.1 Å². The zero-order chi connectivity index (χ0) is 26.1. The van der Waals surface area contributed by atoms with E-state index in [2.05, 4.69) is 20.5 Å². The predicted octanol–water partition coefficient (Wildman–Crippen LogP) is 5.05. The summed E-state index contributed by atoms with van der Waals surface area (Å²) in [6, 6.07) is 12.0. The maximum atomic E-state index is 12.0. The summed E-state index contributed by atoms with van der Waals surface area (Å²) in [5.41, 5.74) is 12.1. The first kappa shape index (κ1) is 25.0. The van der Waals surface area contributed by atoms with Crippen molar-refractivity contribution in [3.05, 3.63) is 72.3 Å². The number of benzene rings is 3. The molecule has 36 heavy (non-hydrogen) atoms. The normalized spacial score (nSPS) is 20.4. The number of aromatic hydroxyl groups is 1. The Balaban J connectivity index is 1.67. The Morgan fingerprint density at radius 1 is 1.03 bits per heavy atom. The number of anilines is 2. The molecule has 0 saturated carbocycles. The van der Waals surface area contributed by atoms with E-state index in [1.165, 1.54) is 25.3 Å². The summed E-state index contributed by atoms with van der Waals surface area (Å²) in [6.07, 6.45) is 5.00. The molecule has 0 aromatic heterocycles. The van der Waals surface area contributed by atoms with E-state index in [1.54, 1.807) is 55.5 Å². The molecule has 186 valence electrons. The Kier molecular flexibility index (Phi) is 6.59. The molecule has 4 rings (SSSR count). The maximum absolute atomic E-state index is 12.0. The van der Waals surface area contributed by atoms with Gasteiger partial charge in [-0.25, -0.2) is 0 Å². The van der Waals surface area contributed by atoms with Crippen molar-refractivity contribution in [2.45, 2.75) is 23.6 Å². The number of ether oxygens (including phenoxy) is 1. The topological polar surface area (TPSA) is 185 Å². The van der Waals surface area contributed by atoms with Crippen molar-refractivity contribution < 1.29 is 22.8 Å². The van der Waals surface area contributed by atoms with Crippen LogP contribution in [0.5, 0.6) is 5.75 Å². The van der Waals surface area contributed by atoms with Crippen LogP contribution in [0.4, 0.5) is 22.7 Å². The maximum Gasteiger partial charge on any atom is 0.296 e. The Labute approximate surface area is 207 Å². The number of azo groups is 2. The molecule has 0 aliphatic heterocycles. The minimum absolute atomic E-state index is 0.267. The van der Waals surface area contributed by atoms with Crippen LogP contribution in [0, 0.1) is 0 Å². The number of nitrogens with zero attached hydrogens (tertiary/aromatic N) is 4. The van der Waals surface area contributed by atoms with Gasteiger partial charge < -0.3 is 21.3 Å². The molecular formula is C24H24N6O5S. The largest absolute Gasteiger partial charge is 0.505 e. The molecule has 11 nitrogen and oxygen atoms in total. The van der Waals surface area contributed by atoms with E-state index >= 15 is 0 Å². The van der Waals surface area contributed by atoms with E-state index in [-0.39, 0.29) is 5.39 Å². The van der Waals surface area contributed by atoms with E-state index in [4.69, 9.17) is 16.2 Å². The van der Waals surface area contributed by atoms with Gasteiger partial charge in [-0.15, -0.1) is 10.2 Å². The number of nitrogens with two attached hydrogens (primary N) is 2. The zero-order valence-electron chi connectivity index (χ0n) is 19.4. The third-order valence-corrected chi connectivity index (χ3v) is 6.54. The Morgan fingerprint density at radius 2 is 1.72 bits per heavy atom. The third kappa shape index (κ3) is 4.96. The molecular weight excluding hydrogens is 484 g/mol. The number of nitrogen functional groups attached to an aromatic ring is 2. The molecule has 0 heterocycles. The van der Waals surface area contributed by atoms with Crippen LogP contribution in [0.1, 0.15) is 6.92 Å². The fraction of sp³-hybridized carbons (Fsp3) is 0.167. The van der Waals surface area contributed by atoms with Crippen LogP contribution in [-0.4, -0.2) is 37.0 Å². The van der Waals surface area contributed by atoms with Crippen molar-refractivity contribution in [1.82, 2.24) is 0 Å². The van der Waals surface area contributed by atoms with Crippen molar-refractivity contribution in [2.75, 3.05) is 18.6 Å². The van der Waals surface area contributed by atoms with Crippen LogP contribution in [-0.2, 0) is 14.9 Å².